The first kappa shape index (κ1) is 19.4. The maximum absolute atomic E-state index is 13.1. The van der Waals surface area contributed by atoms with Crippen molar-refractivity contribution in [3.8, 4) is 0 Å². The van der Waals surface area contributed by atoms with Gasteiger partial charge in [0.15, 0.2) is 11.5 Å². The van der Waals surface area contributed by atoms with Gasteiger partial charge in [-0.2, -0.15) is 0 Å². The van der Waals surface area contributed by atoms with E-state index in [1.165, 1.54) is 0 Å². The molecule has 146 valence electrons. The smallest absolute Gasteiger partial charge is 0.307 e. The molecule has 1 atom stereocenters. The minimum absolute atomic E-state index is 0.0826. The highest BCUT2D eigenvalue weighted by molar-refractivity contribution is 5.97. The van der Waals surface area contributed by atoms with E-state index in [1.54, 1.807) is 37.1 Å². The monoisotopic (exact) mass is 374 g/mol. The molecule has 7 heteroatoms. The third-order valence-corrected chi connectivity index (χ3v) is 4.80. The largest absolute Gasteiger partial charge is 0.466 e. The lowest BCUT2D eigenvalue weighted by atomic mass is 9.98. The number of oxazole rings is 1. The zero-order chi connectivity index (χ0) is 19.2. The van der Waals surface area contributed by atoms with Crippen LogP contribution >= 0.6 is 0 Å². The normalized spacial score (nSPS) is 17.3. The Morgan fingerprint density at radius 2 is 2.19 bits per heavy atom. The first-order chi connectivity index (χ1) is 13.1. The van der Waals surface area contributed by atoms with Crippen LogP contribution in [0.25, 0.3) is 11.1 Å². The molecule has 27 heavy (non-hydrogen) atoms. The zero-order valence-electron chi connectivity index (χ0n) is 15.9. The number of amides is 1. The summed E-state index contributed by atoms with van der Waals surface area (Å²) >= 11 is 0. The Hall–Kier alpha value is -2.41. The number of hydrogen-bond donors (Lipinski definition) is 0. The van der Waals surface area contributed by atoms with E-state index in [4.69, 9.17) is 13.9 Å². The molecular formula is C20H26N2O5. The van der Waals surface area contributed by atoms with E-state index in [9.17, 15) is 9.59 Å². The first-order valence-corrected chi connectivity index (χ1v) is 9.47. The summed E-state index contributed by atoms with van der Waals surface area (Å²) in [6.45, 7) is 3.32. The van der Waals surface area contributed by atoms with Crippen LogP contribution in [0.3, 0.4) is 0 Å². The van der Waals surface area contributed by atoms with Crippen LogP contribution in [0.5, 0.6) is 0 Å². The fraction of sp³-hybridized carbons (Fsp3) is 0.550. The molecule has 1 fully saturated rings. The maximum Gasteiger partial charge on any atom is 0.307 e. The van der Waals surface area contributed by atoms with Crippen LogP contribution in [0.4, 0.5) is 0 Å². The lowest BCUT2D eigenvalue weighted by Crippen LogP contribution is -2.45. The summed E-state index contributed by atoms with van der Waals surface area (Å²) in [5.41, 5.74) is 1.86. The maximum atomic E-state index is 13.1. The van der Waals surface area contributed by atoms with E-state index in [1.807, 2.05) is 0 Å². The van der Waals surface area contributed by atoms with E-state index in [0.717, 1.165) is 24.8 Å². The Morgan fingerprint density at radius 3 is 2.96 bits per heavy atom. The number of piperidine rings is 1. The van der Waals surface area contributed by atoms with Crippen molar-refractivity contribution in [2.75, 3.05) is 26.9 Å². The highest BCUT2D eigenvalue weighted by Gasteiger charge is 2.30. The molecule has 1 saturated heterocycles. The number of rotatable bonds is 7. The molecule has 0 aliphatic carbocycles. The van der Waals surface area contributed by atoms with Gasteiger partial charge in [0.1, 0.15) is 5.52 Å². The highest BCUT2D eigenvalue weighted by Crippen LogP contribution is 2.24. The predicted octanol–water partition coefficient (Wildman–Crippen LogP) is 2.96. The van der Waals surface area contributed by atoms with Crippen LogP contribution in [0.2, 0.25) is 0 Å². The van der Waals surface area contributed by atoms with E-state index < -0.39 is 0 Å². The second-order valence-corrected chi connectivity index (χ2v) is 6.69. The fourth-order valence-electron chi connectivity index (χ4n) is 3.46. The molecule has 1 aromatic heterocycles. The minimum Gasteiger partial charge on any atom is -0.466 e. The Bertz CT molecular complexity index is 801. The number of hydrogen-bond acceptors (Lipinski definition) is 6. The summed E-state index contributed by atoms with van der Waals surface area (Å²) in [6, 6.07) is 5.18. The lowest BCUT2D eigenvalue weighted by molar-refractivity contribution is -0.144. The Balaban J connectivity index is 1.77. The average Bonchev–Trinajstić information content (AvgIpc) is 3.08. The van der Waals surface area contributed by atoms with Crippen LogP contribution < -0.4 is 0 Å². The molecule has 0 N–H and O–H groups in total. The fourth-order valence-corrected chi connectivity index (χ4v) is 3.46. The van der Waals surface area contributed by atoms with Crippen molar-refractivity contribution in [2.24, 2.45) is 0 Å². The average molecular weight is 374 g/mol. The van der Waals surface area contributed by atoms with Crippen molar-refractivity contribution in [1.82, 2.24) is 9.88 Å². The summed E-state index contributed by atoms with van der Waals surface area (Å²) in [7, 11) is 1.63. The van der Waals surface area contributed by atoms with Crippen molar-refractivity contribution < 1.29 is 23.5 Å². The van der Waals surface area contributed by atoms with Gasteiger partial charge in [-0.05, 0) is 44.4 Å². The number of likely N-dealkylation sites (tertiary alicyclic amines) is 1. The van der Waals surface area contributed by atoms with Gasteiger partial charge >= 0.3 is 5.97 Å². The topological polar surface area (TPSA) is 81.9 Å². The quantitative estimate of drug-likeness (QED) is 0.693. The molecule has 2 heterocycles. The third kappa shape index (κ3) is 4.66. The van der Waals surface area contributed by atoms with Gasteiger partial charge in [0.2, 0.25) is 0 Å². The van der Waals surface area contributed by atoms with Gasteiger partial charge in [-0.1, -0.05) is 0 Å². The molecule has 1 aromatic carbocycles. The van der Waals surface area contributed by atoms with E-state index in [-0.39, 0.29) is 24.3 Å². The number of esters is 1. The molecule has 1 amide bonds. The molecule has 0 saturated carbocycles. The summed E-state index contributed by atoms with van der Waals surface area (Å²) < 4.78 is 15.8. The zero-order valence-corrected chi connectivity index (χ0v) is 15.9. The molecule has 2 aromatic rings. The molecular weight excluding hydrogens is 348 g/mol. The summed E-state index contributed by atoms with van der Waals surface area (Å²) in [4.78, 5) is 31.2. The predicted molar refractivity (Wildman–Crippen MR) is 99.5 cm³/mol. The SMILES string of the molecule is CCOC(=O)C[C@H]1CCCCN1C(=O)c1ccc2nc(CCOC)oc2c1. The summed E-state index contributed by atoms with van der Waals surface area (Å²) in [6.07, 6.45) is 3.60. The Morgan fingerprint density at radius 1 is 1.33 bits per heavy atom. The van der Waals surface area contributed by atoms with Crippen molar-refractivity contribution >= 4 is 23.0 Å². The van der Waals surface area contributed by atoms with Crippen LogP contribution in [-0.4, -0.2) is 54.7 Å². The number of fused-ring (bicyclic) bond motifs is 1. The number of carbonyl (C=O) groups excluding carboxylic acids is 2. The van der Waals surface area contributed by atoms with E-state index in [0.29, 0.717) is 43.2 Å². The molecule has 0 radical (unpaired) electrons. The van der Waals surface area contributed by atoms with Gasteiger partial charge in [-0.25, -0.2) is 4.98 Å². The highest BCUT2D eigenvalue weighted by atomic mass is 16.5. The number of aromatic nitrogens is 1. The molecule has 1 aliphatic rings. The molecule has 0 bridgehead atoms. The van der Waals surface area contributed by atoms with Gasteiger partial charge < -0.3 is 18.8 Å². The second-order valence-electron chi connectivity index (χ2n) is 6.69. The lowest BCUT2D eigenvalue weighted by Gasteiger charge is -2.35. The standard InChI is InChI=1S/C20H26N2O5/c1-3-26-19(23)13-15-6-4-5-10-22(15)20(24)14-7-8-16-17(12-14)27-18(21-16)9-11-25-2/h7-8,12,15H,3-6,9-11,13H2,1-2H3/t15-/m1/s1. The minimum atomic E-state index is -0.254. The summed E-state index contributed by atoms with van der Waals surface area (Å²) in [5, 5.41) is 0. The number of nitrogens with zero attached hydrogens (tertiary/aromatic N) is 2. The molecule has 3 rings (SSSR count). The Labute approximate surface area is 158 Å². The van der Waals surface area contributed by atoms with Gasteiger partial charge in [0.05, 0.1) is 19.6 Å². The number of carbonyl (C=O) groups is 2. The van der Waals surface area contributed by atoms with Crippen molar-refractivity contribution in [1.29, 1.82) is 0 Å². The van der Waals surface area contributed by atoms with Crippen LogP contribution in [0.1, 0.15) is 48.9 Å². The van der Waals surface area contributed by atoms with Gasteiger partial charge in [0, 0.05) is 31.7 Å². The van der Waals surface area contributed by atoms with Crippen LogP contribution in [0.15, 0.2) is 22.6 Å². The Kier molecular flexibility index (Phi) is 6.45. The number of ether oxygens (including phenoxy) is 2. The van der Waals surface area contributed by atoms with Gasteiger partial charge in [-0.15, -0.1) is 0 Å². The van der Waals surface area contributed by atoms with Crippen LogP contribution in [0, 0.1) is 0 Å². The van der Waals surface area contributed by atoms with Crippen LogP contribution in [-0.2, 0) is 20.7 Å². The molecule has 1 aliphatic heterocycles. The van der Waals surface area contributed by atoms with Crippen molar-refractivity contribution in [2.45, 2.75) is 45.1 Å². The first-order valence-electron chi connectivity index (χ1n) is 9.47. The number of benzene rings is 1. The van der Waals surface area contributed by atoms with E-state index >= 15 is 0 Å². The molecule has 7 nitrogen and oxygen atoms in total. The number of methoxy groups -OCH3 is 1. The van der Waals surface area contributed by atoms with Gasteiger partial charge in [0.25, 0.3) is 5.91 Å². The second kappa shape index (κ2) is 8.99. The van der Waals surface area contributed by atoms with Gasteiger partial charge in [-0.3, -0.25) is 9.59 Å². The van der Waals surface area contributed by atoms with E-state index in [2.05, 4.69) is 4.98 Å². The van der Waals surface area contributed by atoms with Crippen molar-refractivity contribution in [3.05, 3.63) is 29.7 Å². The molecule has 0 unspecified atom stereocenters. The molecule has 0 spiro atoms. The summed E-state index contributed by atoms with van der Waals surface area (Å²) in [5.74, 6) is 0.256. The third-order valence-electron chi connectivity index (χ3n) is 4.80. The van der Waals surface area contributed by atoms with Crippen molar-refractivity contribution in [3.63, 3.8) is 0 Å².